The zero-order valence-electron chi connectivity index (χ0n) is 11.2. The highest BCUT2D eigenvalue weighted by Gasteiger charge is 2.33. The molecule has 1 heterocycles. The first-order chi connectivity index (χ1) is 8.41. The lowest BCUT2D eigenvalue weighted by molar-refractivity contribution is 0.0781. The fraction of sp³-hybridized carbons (Fsp3) is 1.00. The molecule has 0 aromatic carbocycles. The second kappa shape index (κ2) is 5.45. The molecular weight excluding hydrogens is 252 g/mol. The van der Waals surface area contributed by atoms with Crippen molar-refractivity contribution in [1.82, 2.24) is 9.21 Å². The molecular formula is C12H24N2O3S. The Kier molecular flexibility index (Phi) is 4.31. The summed E-state index contributed by atoms with van der Waals surface area (Å²) >= 11 is 0. The van der Waals surface area contributed by atoms with E-state index in [9.17, 15) is 13.5 Å². The molecule has 1 aliphatic carbocycles. The van der Waals surface area contributed by atoms with E-state index >= 15 is 0 Å². The van der Waals surface area contributed by atoms with Crippen molar-refractivity contribution in [2.45, 2.75) is 38.0 Å². The first-order valence-electron chi connectivity index (χ1n) is 6.80. The lowest BCUT2D eigenvalue weighted by Gasteiger charge is -2.35. The number of sulfonamides is 1. The van der Waals surface area contributed by atoms with Crippen molar-refractivity contribution in [3.05, 3.63) is 0 Å². The highest BCUT2D eigenvalue weighted by atomic mass is 32.2. The molecule has 1 aliphatic heterocycles. The number of hydrogen-bond donors (Lipinski definition) is 1. The minimum Gasteiger partial charge on any atom is -0.392 e. The van der Waals surface area contributed by atoms with Gasteiger partial charge in [0.2, 0.25) is 10.0 Å². The molecule has 1 atom stereocenters. The summed E-state index contributed by atoms with van der Waals surface area (Å²) in [5.41, 5.74) is 0. The first-order valence-corrected chi connectivity index (χ1v) is 8.31. The number of hydrogen-bond acceptors (Lipinski definition) is 4. The number of aliphatic hydroxyl groups excluding tert-OH is 1. The van der Waals surface area contributed by atoms with Crippen LogP contribution in [-0.2, 0) is 10.0 Å². The Morgan fingerprint density at radius 3 is 2.17 bits per heavy atom. The summed E-state index contributed by atoms with van der Waals surface area (Å²) < 4.78 is 25.6. The van der Waals surface area contributed by atoms with Crippen LogP contribution in [0.5, 0.6) is 0 Å². The van der Waals surface area contributed by atoms with E-state index in [0.29, 0.717) is 25.6 Å². The van der Waals surface area contributed by atoms with E-state index in [2.05, 4.69) is 4.90 Å². The van der Waals surface area contributed by atoms with Crippen LogP contribution in [0, 0.1) is 5.92 Å². The maximum absolute atomic E-state index is 12.0. The summed E-state index contributed by atoms with van der Waals surface area (Å²) in [6.07, 6.45) is 2.06. The van der Waals surface area contributed by atoms with Gasteiger partial charge in [0.1, 0.15) is 0 Å². The van der Waals surface area contributed by atoms with Crippen molar-refractivity contribution in [3.63, 3.8) is 0 Å². The van der Waals surface area contributed by atoms with Crippen LogP contribution in [0.2, 0.25) is 0 Å². The molecule has 1 unspecified atom stereocenters. The normalized spacial score (nSPS) is 25.6. The lowest BCUT2D eigenvalue weighted by atomic mass is 10.2. The van der Waals surface area contributed by atoms with E-state index in [1.165, 1.54) is 0 Å². The highest BCUT2D eigenvalue weighted by molar-refractivity contribution is 7.89. The molecule has 2 aliphatic rings. The molecule has 1 saturated heterocycles. The summed E-state index contributed by atoms with van der Waals surface area (Å²) in [4.78, 5) is 2.18. The fourth-order valence-electron chi connectivity index (χ4n) is 2.36. The zero-order chi connectivity index (χ0) is 13.3. The van der Waals surface area contributed by atoms with Crippen molar-refractivity contribution >= 4 is 10.0 Å². The third-order valence-electron chi connectivity index (χ3n) is 3.90. The van der Waals surface area contributed by atoms with Gasteiger partial charge in [-0.1, -0.05) is 0 Å². The van der Waals surface area contributed by atoms with Gasteiger partial charge >= 0.3 is 0 Å². The van der Waals surface area contributed by atoms with Gasteiger partial charge in [-0.15, -0.1) is 0 Å². The second-order valence-corrected chi connectivity index (χ2v) is 8.19. The molecule has 5 nitrogen and oxygen atoms in total. The van der Waals surface area contributed by atoms with Crippen molar-refractivity contribution in [2.24, 2.45) is 5.92 Å². The highest BCUT2D eigenvalue weighted by Crippen LogP contribution is 2.32. The Hall–Kier alpha value is -0.170. The fourth-order valence-corrected chi connectivity index (χ4v) is 3.63. The average molecular weight is 276 g/mol. The monoisotopic (exact) mass is 276 g/mol. The summed E-state index contributed by atoms with van der Waals surface area (Å²) in [5, 5.41) is 9.54. The molecule has 2 fully saturated rings. The molecule has 106 valence electrons. The summed E-state index contributed by atoms with van der Waals surface area (Å²) in [6.45, 7) is 6.71. The molecule has 0 radical (unpaired) electrons. The van der Waals surface area contributed by atoms with Crippen molar-refractivity contribution < 1.29 is 13.5 Å². The van der Waals surface area contributed by atoms with Gasteiger partial charge < -0.3 is 5.11 Å². The number of piperazine rings is 1. The zero-order valence-corrected chi connectivity index (χ0v) is 12.1. The Morgan fingerprint density at radius 2 is 1.72 bits per heavy atom. The molecule has 1 N–H and O–H groups in total. The van der Waals surface area contributed by atoms with Gasteiger partial charge in [-0.05, 0) is 32.6 Å². The van der Waals surface area contributed by atoms with Crippen LogP contribution in [-0.4, -0.2) is 66.8 Å². The van der Waals surface area contributed by atoms with Crippen LogP contribution in [0.25, 0.3) is 0 Å². The van der Waals surface area contributed by atoms with Crippen molar-refractivity contribution in [2.75, 3.05) is 32.7 Å². The van der Waals surface area contributed by atoms with Crippen molar-refractivity contribution in [3.8, 4) is 0 Å². The molecule has 1 saturated carbocycles. The number of nitrogens with zero attached hydrogens (tertiary/aromatic N) is 2. The van der Waals surface area contributed by atoms with Crippen LogP contribution in [0.15, 0.2) is 0 Å². The van der Waals surface area contributed by atoms with Gasteiger partial charge in [0.25, 0.3) is 0 Å². The van der Waals surface area contributed by atoms with Crippen LogP contribution in [0.4, 0.5) is 0 Å². The second-order valence-electron chi connectivity index (χ2n) is 5.70. The van der Waals surface area contributed by atoms with E-state index in [1.807, 2.05) is 0 Å². The molecule has 0 bridgehead atoms. The van der Waals surface area contributed by atoms with E-state index in [0.717, 1.165) is 25.9 Å². The summed E-state index contributed by atoms with van der Waals surface area (Å²) in [5.74, 6) is 0.488. The predicted octanol–water partition coefficient (Wildman–Crippen LogP) is 0.113. The van der Waals surface area contributed by atoms with Crippen LogP contribution < -0.4 is 0 Å². The van der Waals surface area contributed by atoms with Crippen LogP contribution in [0.3, 0.4) is 0 Å². The van der Waals surface area contributed by atoms with Crippen LogP contribution >= 0.6 is 0 Å². The molecule has 18 heavy (non-hydrogen) atoms. The standard InChI is InChI=1S/C12H24N2O3S/c1-10(2)18(16,17)14-7-5-13(6-8-14)9-12(15)11-3-4-11/h10-12,15H,3-9H2,1-2H3. The van der Waals surface area contributed by atoms with Gasteiger partial charge in [0, 0.05) is 32.7 Å². The SMILES string of the molecule is CC(C)S(=O)(=O)N1CCN(CC(O)C2CC2)CC1. The van der Waals surface area contributed by atoms with Crippen LogP contribution in [0.1, 0.15) is 26.7 Å². The maximum atomic E-state index is 12.0. The molecule has 0 aromatic rings. The minimum atomic E-state index is -3.11. The third kappa shape index (κ3) is 3.23. The molecule has 0 aromatic heterocycles. The predicted molar refractivity (Wildman–Crippen MR) is 70.8 cm³/mol. The molecule has 0 spiro atoms. The molecule has 0 amide bonds. The topological polar surface area (TPSA) is 60.9 Å². The average Bonchev–Trinajstić information content (AvgIpc) is 3.13. The number of aliphatic hydroxyl groups is 1. The van der Waals surface area contributed by atoms with Gasteiger partial charge in [0.05, 0.1) is 11.4 Å². The minimum absolute atomic E-state index is 0.224. The van der Waals surface area contributed by atoms with Crippen molar-refractivity contribution in [1.29, 1.82) is 0 Å². The molecule has 6 heteroatoms. The number of β-amino-alcohol motifs (C(OH)–C–C–N with tert-alkyl or cyclic N) is 1. The largest absolute Gasteiger partial charge is 0.392 e. The number of rotatable bonds is 5. The van der Waals surface area contributed by atoms with Gasteiger partial charge in [-0.2, -0.15) is 4.31 Å². The summed E-state index contributed by atoms with van der Waals surface area (Å²) in [7, 11) is -3.11. The Labute approximate surface area is 110 Å². The Bertz CT molecular complexity index is 371. The quantitative estimate of drug-likeness (QED) is 0.774. The van der Waals surface area contributed by atoms with E-state index in [4.69, 9.17) is 0 Å². The van der Waals surface area contributed by atoms with E-state index in [-0.39, 0.29) is 11.4 Å². The van der Waals surface area contributed by atoms with E-state index in [1.54, 1.807) is 18.2 Å². The first kappa shape index (κ1) is 14.2. The van der Waals surface area contributed by atoms with Gasteiger partial charge in [-0.25, -0.2) is 8.42 Å². The Morgan fingerprint density at radius 1 is 1.17 bits per heavy atom. The summed E-state index contributed by atoms with van der Waals surface area (Å²) in [6, 6.07) is 0. The maximum Gasteiger partial charge on any atom is 0.216 e. The Balaban J connectivity index is 1.80. The third-order valence-corrected chi connectivity index (χ3v) is 6.17. The molecule has 2 rings (SSSR count). The smallest absolute Gasteiger partial charge is 0.216 e. The van der Waals surface area contributed by atoms with Gasteiger partial charge in [-0.3, -0.25) is 4.90 Å². The van der Waals surface area contributed by atoms with E-state index < -0.39 is 10.0 Å². The van der Waals surface area contributed by atoms with Gasteiger partial charge in [0.15, 0.2) is 0 Å². The lowest BCUT2D eigenvalue weighted by Crippen LogP contribution is -2.51.